The van der Waals surface area contributed by atoms with Gasteiger partial charge >= 0.3 is 5.97 Å². The van der Waals surface area contributed by atoms with Crippen molar-refractivity contribution in [3.05, 3.63) is 24.3 Å². The lowest BCUT2D eigenvalue weighted by Crippen LogP contribution is -2.22. The van der Waals surface area contributed by atoms with Crippen molar-refractivity contribution in [2.24, 2.45) is 11.8 Å². The molecule has 0 saturated heterocycles. The summed E-state index contributed by atoms with van der Waals surface area (Å²) in [4.78, 5) is 11.7. The molecule has 1 atom stereocenters. The zero-order valence-electron chi connectivity index (χ0n) is 10.2. The molecule has 1 unspecified atom stereocenters. The van der Waals surface area contributed by atoms with Crippen molar-refractivity contribution in [2.75, 3.05) is 7.11 Å². The predicted molar refractivity (Wildman–Crippen MR) is 62.6 cm³/mol. The Hall–Kier alpha value is -1.51. The molecule has 0 bridgehead atoms. The number of carbonyl (C=O) groups excluding carboxylic acids is 1. The van der Waals surface area contributed by atoms with Crippen LogP contribution in [-0.2, 0) is 4.79 Å². The second-order valence-electron chi connectivity index (χ2n) is 4.13. The van der Waals surface area contributed by atoms with Crippen LogP contribution in [-0.4, -0.2) is 13.1 Å². The fraction of sp³-hybridized carbons (Fsp3) is 0.462. The molecule has 1 aromatic rings. The molecule has 3 nitrogen and oxygen atoms in total. The number of rotatable bonds is 4. The molecule has 1 rings (SSSR count). The third-order valence-corrected chi connectivity index (χ3v) is 2.65. The van der Waals surface area contributed by atoms with Crippen molar-refractivity contribution in [2.45, 2.75) is 20.8 Å². The van der Waals surface area contributed by atoms with Crippen LogP contribution in [0.15, 0.2) is 24.3 Å². The van der Waals surface area contributed by atoms with Crippen molar-refractivity contribution in [3.63, 3.8) is 0 Å². The maximum Gasteiger partial charge on any atom is 0.314 e. The third kappa shape index (κ3) is 3.26. The van der Waals surface area contributed by atoms with E-state index in [9.17, 15) is 4.79 Å². The largest absolute Gasteiger partial charge is 0.497 e. The average Bonchev–Trinajstić information content (AvgIpc) is 2.28. The summed E-state index contributed by atoms with van der Waals surface area (Å²) >= 11 is 0. The van der Waals surface area contributed by atoms with Gasteiger partial charge in [0.25, 0.3) is 0 Å². The van der Waals surface area contributed by atoms with Gasteiger partial charge in [0.15, 0.2) is 0 Å². The van der Waals surface area contributed by atoms with E-state index in [0.717, 1.165) is 5.75 Å². The zero-order valence-corrected chi connectivity index (χ0v) is 10.2. The van der Waals surface area contributed by atoms with Crippen LogP contribution in [0, 0.1) is 11.8 Å². The standard InChI is InChI=1S/C13H18O3/c1-9(2)10(3)13(14)16-12-7-5-11(15-4)6-8-12/h5-10H,1-4H3. The van der Waals surface area contributed by atoms with E-state index in [-0.39, 0.29) is 17.8 Å². The maximum absolute atomic E-state index is 11.7. The molecule has 0 N–H and O–H groups in total. The molecule has 0 spiro atoms. The molecule has 0 fully saturated rings. The second kappa shape index (κ2) is 5.54. The van der Waals surface area contributed by atoms with Crippen molar-refractivity contribution in [1.82, 2.24) is 0 Å². The van der Waals surface area contributed by atoms with Crippen molar-refractivity contribution < 1.29 is 14.3 Å². The molecule has 16 heavy (non-hydrogen) atoms. The Labute approximate surface area is 96.4 Å². The Morgan fingerprint density at radius 3 is 2.00 bits per heavy atom. The molecule has 0 saturated carbocycles. The second-order valence-corrected chi connectivity index (χ2v) is 4.13. The van der Waals surface area contributed by atoms with Crippen LogP contribution in [0.1, 0.15) is 20.8 Å². The topological polar surface area (TPSA) is 35.5 Å². The summed E-state index contributed by atoms with van der Waals surface area (Å²) in [6.07, 6.45) is 0. The third-order valence-electron chi connectivity index (χ3n) is 2.65. The van der Waals surface area contributed by atoms with E-state index in [1.807, 2.05) is 20.8 Å². The first-order valence-corrected chi connectivity index (χ1v) is 5.40. The van der Waals surface area contributed by atoms with Crippen LogP contribution in [0.5, 0.6) is 11.5 Å². The number of ether oxygens (including phenoxy) is 2. The number of hydrogen-bond acceptors (Lipinski definition) is 3. The van der Waals surface area contributed by atoms with Gasteiger partial charge < -0.3 is 9.47 Å². The maximum atomic E-state index is 11.7. The van der Waals surface area contributed by atoms with E-state index < -0.39 is 0 Å². The highest BCUT2D eigenvalue weighted by atomic mass is 16.5. The summed E-state index contributed by atoms with van der Waals surface area (Å²) < 4.78 is 10.3. The minimum atomic E-state index is -0.194. The van der Waals surface area contributed by atoms with Gasteiger partial charge in [-0.15, -0.1) is 0 Å². The van der Waals surface area contributed by atoms with Crippen molar-refractivity contribution in [3.8, 4) is 11.5 Å². The van der Waals surface area contributed by atoms with Gasteiger partial charge in [0.1, 0.15) is 11.5 Å². The lowest BCUT2D eigenvalue weighted by molar-refractivity contribution is -0.139. The summed E-state index contributed by atoms with van der Waals surface area (Å²) in [5.41, 5.74) is 0. The minimum Gasteiger partial charge on any atom is -0.497 e. The Bertz CT molecular complexity index is 341. The lowest BCUT2D eigenvalue weighted by atomic mass is 9.99. The molecule has 0 aliphatic rings. The Kier molecular flexibility index (Phi) is 4.35. The predicted octanol–water partition coefficient (Wildman–Crippen LogP) is 2.89. The van der Waals surface area contributed by atoms with Gasteiger partial charge in [-0.2, -0.15) is 0 Å². The van der Waals surface area contributed by atoms with Gasteiger partial charge in [-0.25, -0.2) is 0 Å². The van der Waals surface area contributed by atoms with E-state index in [4.69, 9.17) is 9.47 Å². The number of benzene rings is 1. The first kappa shape index (κ1) is 12.6. The van der Waals surface area contributed by atoms with Crippen LogP contribution in [0.3, 0.4) is 0 Å². The van der Waals surface area contributed by atoms with Crippen LogP contribution >= 0.6 is 0 Å². The zero-order chi connectivity index (χ0) is 12.1. The fourth-order valence-corrected chi connectivity index (χ4v) is 1.13. The molecule has 0 aliphatic heterocycles. The van der Waals surface area contributed by atoms with E-state index in [1.165, 1.54) is 0 Å². The van der Waals surface area contributed by atoms with Gasteiger partial charge in [-0.1, -0.05) is 20.8 Å². The van der Waals surface area contributed by atoms with Gasteiger partial charge in [-0.05, 0) is 30.2 Å². The first-order chi connectivity index (χ1) is 7.54. The SMILES string of the molecule is COc1ccc(OC(=O)C(C)C(C)C)cc1. The summed E-state index contributed by atoms with van der Waals surface area (Å²) in [7, 11) is 1.60. The van der Waals surface area contributed by atoms with E-state index >= 15 is 0 Å². The number of methoxy groups -OCH3 is 1. The van der Waals surface area contributed by atoms with Crippen molar-refractivity contribution in [1.29, 1.82) is 0 Å². The molecule has 0 aliphatic carbocycles. The average molecular weight is 222 g/mol. The summed E-state index contributed by atoms with van der Waals surface area (Å²) in [6, 6.07) is 6.98. The van der Waals surface area contributed by atoms with Gasteiger partial charge in [0.05, 0.1) is 13.0 Å². The van der Waals surface area contributed by atoms with Crippen LogP contribution < -0.4 is 9.47 Å². The molecule has 0 heterocycles. The molecular formula is C13H18O3. The Morgan fingerprint density at radius 2 is 1.56 bits per heavy atom. The smallest absolute Gasteiger partial charge is 0.314 e. The van der Waals surface area contributed by atoms with E-state index in [1.54, 1.807) is 31.4 Å². The fourth-order valence-electron chi connectivity index (χ4n) is 1.13. The number of carbonyl (C=O) groups is 1. The highest BCUT2D eigenvalue weighted by Crippen LogP contribution is 2.19. The minimum absolute atomic E-state index is 0.0953. The normalized spacial score (nSPS) is 12.3. The lowest BCUT2D eigenvalue weighted by Gasteiger charge is -2.14. The first-order valence-electron chi connectivity index (χ1n) is 5.40. The molecule has 3 heteroatoms. The Balaban J connectivity index is 2.62. The molecule has 0 radical (unpaired) electrons. The summed E-state index contributed by atoms with van der Waals surface area (Å²) in [5.74, 6) is 1.29. The van der Waals surface area contributed by atoms with Crippen molar-refractivity contribution >= 4 is 5.97 Å². The number of esters is 1. The van der Waals surface area contributed by atoms with Gasteiger partial charge in [0, 0.05) is 0 Å². The molecule has 0 aromatic heterocycles. The molecule has 1 aromatic carbocycles. The Morgan fingerprint density at radius 1 is 1.06 bits per heavy atom. The molecule has 88 valence electrons. The molecular weight excluding hydrogens is 204 g/mol. The summed E-state index contributed by atoms with van der Waals surface area (Å²) in [5, 5.41) is 0. The quantitative estimate of drug-likeness (QED) is 0.580. The van der Waals surface area contributed by atoms with E-state index in [2.05, 4.69) is 0 Å². The van der Waals surface area contributed by atoms with E-state index in [0.29, 0.717) is 5.75 Å². The molecule has 0 amide bonds. The van der Waals surface area contributed by atoms with Gasteiger partial charge in [0.2, 0.25) is 0 Å². The number of hydrogen-bond donors (Lipinski definition) is 0. The highest BCUT2D eigenvalue weighted by molar-refractivity contribution is 5.75. The summed E-state index contributed by atoms with van der Waals surface area (Å²) in [6.45, 7) is 5.87. The van der Waals surface area contributed by atoms with Crippen LogP contribution in [0.2, 0.25) is 0 Å². The highest BCUT2D eigenvalue weighted by Gasteiger charge is 2.18. The monoisotopic (exact) mass is 222 g/mol. The van der Waals surface area contributed by atoms with Crippen LogP contribution in [0.4, 0.5) is 0 Å². The van der Waals surface area contributed by atoms with Gasteiger partial charge in [-0.3, -0.25) is 4.79 Å². The van der Waals surface area contributed by atoms with Crippen LogP contribution in [0.25, 0.3) is 0 Å².